The third-order valence-corrected chi connectivity index (χ3v) is 4.57. The van der Waals surface area contributed by atoms with E-state index in [4.69, 9.17) is 4.98 Å². The van der Waals surface area contributed by atoms with Crippen molar-refractivity contribution in [1.82, 2.24) is 20.2 Å². The minimum atomic E-state index is 0.154. The second kappa shape index (κ2) is 6.46. The van der Waals surface area contributed by atoms with Crippen LogP contribution in [-0.4, -0.2) is 41.0 Å². The fourth-order valence-electron chi connectivity index (χ4n) is 3.00. The molecule has 1 aliphatic rings. The number of aryl methyl sites for hydroxylation is 1. The van der Waals surface area contributed by atoms with Crippen molar-refractivity contribution in [1.29, 1.82) is 0 Å². The Morgan fingerprint density at radius 1 is 1.17 bits per heavy atom. The molecule has 3 rings (SSSR count). The van der Waals surface area contributed by atoms with E-state index in [9.17, 15) is 0 Å². The first-order valence-electron chi connectivity index (χ1n) is 8.53. The predicted molar refractivity (Wildman–Crippen MR) is 95.6 cm³/mol. The lowest BCUT2D eigenvalue weighted by molar-refractivity contribution is 0.230. The van der Waals surface area contributed by atoms with E-state index in [-0.39, 0.29) is 5.41 Å². The van der Waals surface area contributed by atoms with E-state index in [0.717, 1.165) is 38.5 Å². The minimum absolute atomic E-state index is 0.154. The number of H-pyrrole nitrogens is 1. The number of aromatic amines is 1. The lowest BCUT2D eigenvalue weighted by Crippen LogP contribution is -2.43. The molecule has 1 aromatic carbocycles. The highest BCUT2D eigenvalue weighted by Crippen LogP contribution is 2.27. The van der Waals surface area contributed by atoms with Gasteiger partial charge in [0.05, 0.1) is 5.69 Å². The fraction of sp³-hybridized carbons (Fsp3) is 0.526. The van der Waals surface area contributed by atoms with Crippen LogP contribution >= 0.6 is 0 Å². The second-order valence-corrected chi connectivity index (χ2v) is 7.51. The van der Waals surface area contributed by atoms with E-state index < -0.39 is 0 Å². The molecule has 0 saturated carbocycles. The summed E-state index contributed by atoms with van der Waals surface area (Å²) in [6.45, 7) is 14.1. The van der Waals surface area contributed by atoms with Crippen molar-refractivity contribution >= 4 is 0 Å². The summed E-state index contributed by atoms with van der Waals surface area (Å²) in [5.74, 6) is 0.985. The number of hydrogen-bond donors (Lipinski definition) is 2. The van der Waals surface area contributed by atoms with E-state index in [2.05, 4.69) is 67.2 Å². The maximum Gasteiger partial charge on any atom is 0.137 e. The zero-order chi connectivity index (χ0) is 16.4. The number of hydrogen-bond acceptors (Lipinski definition) is 3. The molecule has 4 heteroatoms. The normalized spacial score (nSPS) is 16.7. The summed E-state index contributed by atoms with van der Waals surface area (Å²) in [5.41, 5.74) is 5.02. The van der Waals surface area contributed by atoms with Crippen LogP contribution in [0.15, 0.2) is 24.3 Å². The van der Waals surface area contributed by atoms with Gasteiger partial charge in [0.2, 0.25) is 0 Å². The molecule has 1 saturated heterocycles. The molecule has 124 valence electrons. The number of imidazole rings is 1. The van der Waals surface area contributed by atoms with Crippen molar-refractivity contribution in [3.63, 3.8) is 0 Å². The Bertz CT molecular complexity index is 660. The Hall–Kier alpha value is -1.65. The molecule has 2 aromatic rings. The molecule has 0 atom stereocenters. The van der Waals surface area contributed by atoms with E-state index in [1.54, 1.807) is 0 Å². The fourth-order valence-corrected chi connectivity index (χ4v) is 3.00. The van der Waals surface area contributed by atoms with Gasteiger partial charge < -0.3 is 10.3 Å². The van der Waals surface area contributed by atoms with Gasteiger partial charge in [-0.1, -0.05) is 39.0 Å². The highest BCUT2D eigenvalue weighted by Gasteiger charge is 2.17. The smallest absolute Gasteiger partial charge is 0.137 e. The first kappa shape index (κ1) is 16.2. The Balaban J connectivity index is 1.82. The molecule has 2 N–H and O–H groups in total. The molecule has 1 fully saturated rings. The van der Waals surface area contributed by atoms with E-state index >= 15 is 0 Å². The maximum atomic E-state index is 4.88. The van der Waals surface area contributed by atoms with Gasteiger partial charge in [0.15, 0.2) is 0 Å². The van der Waals surface area contributed by atoms with Crippen LogP contribution in [0.1, 0.15) is 37.7 Å². The highest BCUT2D eigenvalue weighted by molar-refractivity contribution is 5.57. The molecule has 23 heavy (non-hydrogen) atoms. The third kappa shape index (κ3) is 3.82. The van der Waals surface area contributed by atoms with Crippen LogP contribution in [0.5, 0.6) is 0 Å². The Morgan fingerprint density at radius 3 is 2.61 bits per heavy atom. The van der Waals surface area contributed by atoms with Gasteiger partial charge in [-0.05, 0) is 24.0 Å². The third-order valence-electron chi connectivity index (χ3n) is 4.57. The SMILES string of the molecule is Cc1[nH]c(-c2cccc(C(C)(C)C)c2)nc1CN1CCNCC1. The zero-order valence-corrected chi connectivity index (χ0v) is 14.7. The average molecular weight is 312 g/mol. The van der Waals surface area contributed by atoms with Gasteiger partial charge in [-0.25, -0.2) is 4.98 Å². The van der Waals surface area contributed by atoms with Crippen molar-refractivity contribution in [2.24, 2.45) is 0 Å². The number of nitrogens with one attached hydrogen (secondary N) is 2. The van der Waals surface area contributed by atoms with Gasteiger partial charge in [-0.2, -0.15) is 0 Å². The largest absolute Gasteiger partial charge is 0.342 e. The zero-order valence-electron chi connectivity index (χ0n) is 14.7. The lowest BCUT2D eigenvalue weighted by Gasteiger charge is -2.26. The molecule has 1 aliphatic heterocycles. The first-order valence-corrected chi connectivity index (χ1v) is 8.53. The van der Waals surface area contributed by atoms with Gasteiger partial charge >= 0.3 is 0 Å². The van der Waals surface area contributed by atoms with E-state index in [1.165, 1.54) is 22.5 Å². The molecule has 0 radical (unpaired) electrons. The summed E-state index contributed by atoms with van der Waals surface area (Å²) >= 11 is 0. The lowest BCUT2D eigenvalue weighted by atomic mass is 9.86. The highest BCUT2D eigenvalue weighted by atomic mass is 15.2. The van der Waals surface area contributed by atoms with Gasteiger partial charge in [0.25, 0.3) is 0 Å². The molecule has 2 heterocycles. The van der Waals surface area contributed by atoms with Crippen LogP contribution < -0.4 is 5.32 Å². The van der Waals surface area contributed by atoms with Crippen LogP contribution in [0.2, 0.25) is 0 Å². The summed E-state index contributed by atoms with van der Waals surface area (Å²) in [4.78, 5) is 10.8. The van der Waals surface area contributed by atoms with Crippen LogP contribution in [0.4, 0.5) is 0 Å². The summed E-state index contributed by atoms with van der Waals surface area (Å²) in [6, 6.07) is 8.72. The van der Waals surface area contributed by atoms with Gasteiger partial charge in [-0.15, -0.1) is 0 Å². The monoisotopic (exact) mass is 312 g/mol. The first-order chi connectivity index (χ1) is 10.9. The minimum Gasteiger partial charge on any atom is -0.342 e. The van der Waals surface area contributed by atoms with Crippen molar-refractivity contribution < 1.29 is 0 Å². The standard InChI is InChI=1S/C19H28N4/c1-14-17(13-23-10-8-20-9-11-23)22-18(21-14)15-6-5-7-16(12-15)19(2,3)4/h5-7,12,20H,8-11,13H2,1-4H3,(H,21,22). The van der Waals surface area contributed by atoms with Gasteiger partial charge in [0.1, 0.15) is 5.82 Å². The van der Waals surface area contributed by atoms with Crippen molar-refractivity contribution in [3.8, 4) is 11.4 Å². The molecule has 0 aliphatic carbocycles. The average Bonchev–Trinajstić information content (AvgIpc) is 2.89. The van der Waals surface area contributed by atoms with Crippen LogP contribution in [0.25, 0.3) is 11.4 Å². The summed E-state index contributed by atoms with van der Waals surface area (Å²) in [7, 11) is 0. The topological polar surface area (TPSA) is 44.0 Å². The molecular formula is C19H28N4. The molecule has 0 amide bonds. The van der Waals surface area contributed by atoms with Crippen molar-refractivity contribution in [2.75, 3.05) is 26.2 Å². The molecule has 0 spiro atoms. The summed E-state index contributed by atoms with van der Waals surface area (Å²) in [5, 5.41) is 3.40. The number of rotatable bonds is 3. The number of piperazine rings is 1. The van der Waals surface area contributed by atoms with Gasteiger partial charge in [-0.3, -0.25) is 4.90 Å². The maximum absolute atomic E-state index is 4.88. The number of nitrogens with zero attached hydrogens (tertiary/aromatic N) is 2. The number of benzene rings is 1. The molecule has 0 bridgehead atoms. The Morgan fingerprint density at radius 2 is 1.91 bits per heavy atom. The van der Waals surface area contributed by atoms with Crippen molar-refractivity contribution in [3.05, 3.63) is 41.2 Å². The van der Waals surface area contributed by atoms with Crippen LogP contribution in [0, 0.1) is 6.92 Å². The van der Waals surface area contributed by atoms with E-state index in [0.29, 0.717) is 0 Å². The summed E-state index contributed by atoms with van der Waals surface area (Å²) in [6.07, 6.45) is 0. The van der Waals surface area contributed by atoms with E-state index in [1.807, 2.05) is 0 Å². The Labute approximate surface area is 139 Å². The van der Waals surface area contributed by atoms with Crippen molar-refractivity contribution in [2.45, 2.75) is 39.7 Å². The van der Waals surface area contributed by atoms with Crippen LogP contribution in [0.3, 0.4) is 0 Å². The molecular weight excluding hydrogens is 284 g/mol. The van der Waals surface area contributed by atoms with Crippen LogP contribution in [-0.2, 0) is 12.0 Å². The molecule has 1 aromatic heterocycles. The predicted octanol–water partition coefficient (Wildman–Crippen LogP) is 3.09. The molecule has 4 nitrogen and oxygen atoms in total. The summed E-state index contributed by atoms with van der Waals surface area (Å²) < 4.78 is 0. The molecule has 0 unspecified atom stereocenters. The Kier molecular flexibility index (Phi) is 4.55. The number of aromatic nitrogens is 2. The second-order valence-electron chi connectivity index (χ2n) is 7.51. The quantitative estimate of drug-likeness (QED) is 0.915. The van der Waals surface area contributed by atoms with Gasteiger partial charge in [0, 0.05) is 44.0 Å².